The van der Waals surface area contributed by atoms with Gasteiger partial charge in [0.15, 0.2) is 17.3 Å². The molecule has 0 saturated carbocycles. The summed E-state index contributed by atoms with van der Waals surface area (Å²) in [6, 6.07) is 3.56. The van der Waals surface area contributed by atoms with E-state index in [4.69, 9.17) is 25.8 Å². The number of nitrogens with one attached hydrogen (secondary N) is 1. The molecule has 0 saturated heterocycles. The lowest BCUT2D eigenvalue weighted by molar-refractivity contribution is 0.324. The number of hydrogen-bond donors (Lipinski definition) is 1. The summed E-state index contributed by atoms with van der Waals surface area (Å²) in [5, 5.41) is 6.84. The fraction of sp³-hybridized carbons (Fsp3) is 0.333. The van der Waals surface area contributed by atoms with Gasteiger partial charge < -0.3 is 14.2 Å². The molecule has 1 aromatic heterocycles. The topological polar surface area (TPSA) is 69.3 Å². The Balaban J connectivity index is 2.51. The van der Waals surface area contributed by atoms with Crippen LogP contribution in [0.2, 0.25) is 0 Å². The zero-order chi connectivity index (χ0) is 13.8. The van der Waals surface area contributed by atoms with Crippen LogP contribution in [0, 0.1) is 0 Å². The summed E-state index contributed by atoms with van der Waals surface area (Å²) in [5.74, 6) is 3.03. The van der Waals surface area contributed by atoms with Gasteiger partial charge in [0.25, 0.3) is 0 Å². The molecule has 102 valence electrons. The summed E-state index contributed by atoms with van der Waals surface area (Å²) in [6.45, 7) is 0. The van der Waals surface area contributed by atoms with Crippen molar-refractivity contribution in [2.75, 3.05) is 21.3 Å². The van der Waals surface area contributed by atoms with Gasteiger partial charge in [-0.1, -0.05) is 0 Å². The molecule has 1 aromatic carbocycles. The van der Waals surface area contributed by atoms with Crippen molar-refractivity contribution in [3.05, 3.63) is 18.0 Å². The molecule has 6 nitrogen and oxygen atoms in total. The number of halogens is 1. The van der Waals surface area contributed by atoms with Gasteiger partial charge in [-0.05, 0) is 12.1 Å². The van der Waals surface area contributed by atoms with Crippen LogP contribution in [0.25, 0.3) is 11.4 Å². The molecule has 7 heteroatoms. The fourth-order valence-electron chi connectivity index (χ4n) is 1.69. The minimum absolute atomic E-state index is 0.275. The Bertz CT molecular complexity index is 546. The average molecular weight is 284 g/mol. The first-order valence-corrected chi connectivity index (χ1v) is 6.04. The number of alkyl halides is 1. The number of aromatic amines is 1. The number of hydrogen-bond acceptors (Lipinski definition) is 5. The first kappa shape index (κ1) is 13.5. The monoisotopic (exact) mass is 283 g/mol. The summed E-state index contributed by atoms with van der Waals surface area (Å²) in [6.07, 6.45) is 0. The van der Waals surface area contributed by atoms with E-state index in [-0.39, 0.29) is 5.88 Å². The van der Waals surface area contributed by atoms with Crippen molar-refractivity contribution in [2.24, 2.45) is 0 Å². The predicted octanol–water partition coefficient (Wildman–Crippen LogP) is 2.24. The second-order valence-corrected chi connectivity index (χ2v) is 3.92. The Labute approximate surface area is 115 Å². The van der Waals surface area contributed by atoms with Crippen LogP contribution in [-0.2, 0) is 5.88 Å². The summed E-state index contributed by atoms with van der Waals surface area (Å²) in [5.41, 5.74) is 0.752. The molecular weight excluding hydrogens is 270 g/mol. The molecule has 0 unspecified atom stereocenters. The van der Waals surface area contributed by atoms with Crippen molar-refractivity contribution in [1.29, 1.82) is 0 Å². The molecule has 2 aromatic rings. The fourth-order valence-corrected chi connectivity index (χ4v) is 1.81. The molecule has 0 fully saturated rings. The van der Waals surface area contributed by atoms with E-state index < -0.39 is 0 Å². The summed E-state index contributed by atoms with van der Waals surface area (Å²) in [4.78, 5) is 4.25. The van der Waals surface area contributed by atoms with Crippen molar-refractivity contribution in [1.82, 2.24) is 15.2 Å². The summed E-state index contributed by atoms with van der Waals surface area (Å²) < 4.78 is 15.8. The van der Waals surface area contributed by atoms with Crippen LogP contribution in [-0.4, -0.2) is 36.5 Å². The molecule has 0 atom stereocenters. The lowest BCUT2D eigenvalue weighted by Gasteiger charge is -2.12. The zero-order valence-electron chi connectivity index (χ0n) is 10.9. The van der Waals surface area contributed by atoms with E-state index in [0.29, 0.717) is 28.9 Å². The van der Waals surface area contributed by atoms with Gasteiger partial charge in [0.1, 0.15) is 5.82 Å². The number of benzene rings is 1. The smallest absolute Gasteiger partial charge is 0.203 e. The molecule has 0 radical (unpaired) electrons. The first-order valence-electron chi connectivity index (χ1n) is 5.51. The molecular formula is C12H14ClN3O3. The molecule has 1 heterocycles. The maximum absolute atomic E-state index is 5.69. The lowest BCUT2D eigenvalue weighted by Crippen LogP contribution is -1.96. The molecule has 0 bridgehead atoms. The van der Waals surface area contributed by atoms with E-state index in [1.54, 1.807) is 33.5 Å². The van der Waals surface area contributed by atoms with Crippen LogP contribution in [0.3, 0.4) is 0 Å². The number of aromatic nitrogens is 3. The Morgan fingerprint density at radius 2 is 1.74 bits per heavy atom. The van der Waals surface area contributed by atoms with Gasteiger partial charge in [-0.25, -0.2) is 4.98 Å². The molecule has 0 aliphatic heterocycles. The SMILES string of the molecule is COc1cc(-c2n[nH]c(CCl)n2)cc(OC)c1OC. The number of nitrogens with zero attached hydrogens (tertiary/aromatic N) is 2. The largest absolute Gasteiger partial charge is 0.493 e. The van der Waals surface area contributed by atoms with Crippen LogP contribution in [0.1, 0.15) is 5.82 Å². The number of methoxy groups -OCH3 is 3. The van der Waals surface area contributed by atoms with E-state index in [0.717, 1.165) is 5.56 Å². The third-order valence-electron chi connectivity index (χ3n) is 2.58. The van der Waals surface area contributed by atoms with Crippen LogP contribution in [0.15, 0.2) is 12.1 Å². The molecule has 0 aliphatic rings. The van der Waals surface area contributed by atoms with E-state index >= 15 is 0 Å². The summed E-state index contributed by atoms with van der Waals surface area (Å²) >= 11 is 5.69. The predicted molar refractivity (Wildman–Crippen MR) is 71.0 cm³/mol. The number of rotatable bonds is 5. The number of H-pyrrole nitrogens is 1. The van der Waals surface area contributed by atoms with Crippen molar-refractivity contribution < 1.29 is 14.2 Å². The molecule has 19 heavy (non-hydrogen) atoms. The Morgan fingerprint density at radius 3 is 2.16 bits per heavy atom. The highest BCUT2D eigenvalue weighted by Gasteiger charge is 2.16. The molecule has 0 amide bonds. The second-order valence-electron chi connectivity index (χ2n) is 3.65. The normalized spacial score (nSPS) is 10.3. The molecule has 0 spiro atoms. The van der Waals surface area contributed by atoms with Gasteiger partial charge in [-0.3, -0.25) is 5.10 Å². The maximum atomic E-state index is 5.69. The van der Waals surface area contributed by atoms with E-state index in [2.05, 4.69) is 15.2 Å². The van der Waals surface area contributed by atoms with Gasteiger partial charge in [0.2, 0.25) is 5.75 Å². The van der Waals surface area contributed by atoms with E-state index in [1.165, 1.54) is 0 Å². The summed E-state index contributed by atoms with van der Waals surface area (Å²) in [7, 11) is 4.67. The number of ether oxygens (including phenoxy) is 3. The molecule has 0 aliphatic carbocycles. The standard InChI is InChI=1S/C12H14ClN3O3/c1-17-8-4-7(5-9(18-2)11(8)19-3)12-14-10(6-13)15-16-12/h4-5H,6H2,1-3H3,(H,14,15,16). The van der Waals surface area contributed by atoms with Gasteiger partial charge in [-0.2, -0.15) is 5.10 Å². The van der Waals surface area contributed by atoms with E-state index in [9.17, 15) is 0 Å². The quantitative estimate of drug-likeness (QED) is 0.852. The van der Waals surface area contributed by atoms with Crippen molar-refractivity contribution in [3.63, 3.8) is 0 Å². The minimum Gasteiger partial charge on any atom is -0.493 e. The maximum Gasteiger partial charge on any atom is 0.203 e. The van der Waals surface area contributed by atoms with Crippen LogP contribution < -0.4 is 14.2 Å². The van der Waals surface area contributed by atoms with Crippen molar-refractivity contribution in [2.45, 2.75) is 5.88 Å². The Kier molecular flexibility index (Phi) is 4.11. The Hall–Kier alpha value is -1.95. The average Bonchev–Trinajstić information content (AvgIpc) is 2.94. The highest BCUT2D eigenvalue weighted by molar-refractivity contribution is 6.16. The van der Waals surface area contributed by atoms with Gasteiger partial charge in [0.05, 0.1) is 27.2 Å². The lowest BCUT2D eigenvalue weighted by atomic mass is 10.1. The second kappa shape index (κ2) is 5.79. The molecule has 1 N–H and O–H groups in total. The third-order valence-corrected chi connectivity index (χ3v) is 2.83. The van der Waals surface area contributed by atoms with Crippen LogP contribution in [0.4, 0.5) is 0 Å². The zero-order valence-corrected chi connectivity index (χ0v) is 11.6. The minimum atomic E-state index is 0.275. The molecule has 2 rings (SSSR count). The van der Waals surface area contributed by atoms with Gasteiger partial charge in [-0.15, -0.1) is 11.6 Å². The van der Waals surface area contributed by atoms with Gasteiger partial charge >= 0.3 is 0 Å². The highest BCUT2D eigenvalue weighted by atomic mass is 35.5. The first-order chi connectivity index (χ1) is 9.23. The van der Waals surface area contributed by atoms with Crippen LogP contribution in [0.5, 0.6) is 17.2 Å². The van der Waals surface area contributed by atoms with Gasteiger partial charge in [0, 0.05) is 5.56 Å². The highest BCUT2D eigenvalue weighted by Crippen LogP contribution is 2.40. The van der Waals surface area contributed by atoms with Crippen molar-refractivity contribution in [3.8, 4) is 28.6 Å². The van der Waals surface area contributed by atoms with Crippen molar-refractivity contribution >= 4 is 11.6 Å². The Morgan fingerprint density at radius 1 is 1.11 bits per heavy atom. The third kappa shape index (κ3) is 2.58. The van der Waals surface area contributed by atoms with Crippen LogP contribution >= 0.6 is 11.6 Å². The van der Waals surface area contributed by atoms with E-state index in [1.807, 2.05) is 0 Å².